The molecule has 38 heavy (non-hydrogen) atoms. The third kappa shape index (κ3) is 5.22. The normalized spacial score (nSPS) is 20.7. The minimum atomic E-state index is -3.30. The number of rotatable bonds is 4. The van der Waals surface area contributed by atoms with E-state index in [0.717, 1.165) is 10.9 Å². The Labute approximate surface area is 231 Å². The fraction of sp³-hybridized carbons (Fsp3) is 0.385. The zero-order valence-electron chi connectivity index (χ0n) is 21.0. The van der Waals surface area contributed by atoms with Gasteiger partial charge in [0, 0.05) is 63.2 Å². The van der Waals surface area contributed by atoms with E-state index in [1.165, 1.54) is 10.6 Å². The molecule has 3 heterocycles. The third-order valence-electron chi connectivity index (χ3n) is 7.43. The van der Waals surface area contributed by atoms with E-state index >= 15 is 0 Å². The number of furan rings is 1. The van der Waals surface area contributed by atoms with Crippen molar-refractivity contribution >= 4 is 56.1 Å². The van der Waals surface area contributed by atoms with Gasteiger partial charge in [-0.05, 0) is 42.0 Å². The maximum Gasteiger partial charge on any atom is 0.320 e. The molecule has 3 amide bonds. The van der Waals surface area contributed by atoms with Gasteiger partial charge in [0.05, 0.1) is 28.6 Å². The summed E-state index contributed by atoms with van der Waals surface area (Å²) < 4.78 is 30.5. The fourth-order valence-corrected chi connectivity index (χ4v) is 6.40. The van der Waals surface area contributed by atoms with Crippen molar-refractivity contribution in [2.45, 2.75) is 12.0 Å². The Morgan fingerprint density at radius 3 is 2.37 bits per heavy atom. The molecular weight excluding hydrogens is 551 g/mol. The maximum atomic E-state index is 13.6. The Balaban J connectivity index is 1.39. The highest BCUT2D eigenvalue weighted by atomic mass is 35.5. The lowest BCUT2D eigenvalue weighted by molar-refractivity contribution is 0.0723. The predicted octanol–water partition coefficient (Wildman–Crippen LogP) is 3.98. The SMILES string of the molecule is CN(C(=O)c1ccc2occc2c1)[C@@H]1CN(C(=O)N2CCN(S(C)(=O)=O)CC2)CC1c1ccc(Cl)c(Cl)c1. The van der Waals surface area contributed by atoms with E-state index in [0.29, 0.717) is 47.4 Å². The number of likely N-dealkylation sites (tertiary alicyclic amines) is 1. The summed E-state index contributed by atoms with van der Waals surface area (Å²) in [5, 5.41) is 1.67. The Morgan fingerprint density at radius 2 is 1.68 bits per heavy atom. The molecule has 2 aliphatic rings. The van der Waals surface area contributed by atoms with Crippen LogP contribution in [-0.2, 0) is 10.0 Å². The Morgan fingerprint density at radius 1 is 0.947 bits per heavy atom. The molecular formula is C26H28Cl2N4O5S. The summed E-state index contributed by atoms with van der Waals surface area (Å²) in [5.41, 5.74) is 2.11. The van der Waals surface area contributed by atoms with Crippen molar-refractivity contribution in [3.63, 3.8) is 0 Å². The number of hydrogen-bond acceptors (Lipinski definition) is 5. The molecule has 12 heteroatoms. The van der Waals surface area contributed by atoms with Gasteiger partial charge < -0.3 is 19.1 Å². The van der Waals surface area contributed by atoms with E-state index in [-0.39, 0.29) is 37.0 Å². The van der Waals surface area contributed by atoms with E-state index in [2.05, 4.69) is 0 Å². The van der Waals surface area contributed by atoms with Crippen LogP contribution in [0.2, 0.25) is 10.0 Å². The average Bonchev–Trinajstić information content (AvgIpc) is 3.55. The van der Waals surface area contributed by atoms with Gasteiger partial charge in [0.2, 0.25) is 10.0 Å². The first-order valence-corrected chi connectivity index (χ1v) is 14.8. The van der Waals surface area contributed by atoms with Gasteiger partial charge in [-0.3, -0.25) is 4.79 Å². The second-order valence-electron chi connectivity index (χ2n) is 9.77. The molecule has 2 aromatic carbocycles. The van der Waals surface area contributed by atoms with Crippen LogP contribution in [0.5, 0.6) is 0 Å². The fourth-order valence-electron chi connectivity index (χ4n) is 5.27. The number of urea groups is 1. The van der Waals surface area contributed by atoms with Crippen molar-refractivity contribution in [3.8, 4) is 0 Å². The summed E-state index contributed by atoms with van der Waals surface area (Å²) in [7, 11) is -1.56. The number of halogens is 2. The standard InChI is InChI=1S/C26H28Cl2N4O5S/c1-29(25(33)19-4-6-24-18(13-19)7-12-37-24)23-16-31(15-20(23)17-3-5-21(27)22(28)14-17)26(34)30-8-10-32(11-9-30)38(2,35)36/h3-7,12-14,20,23H,8-11,15-16H2,1-2H3/t20?,23-/m1/s1. The molecule has 5 rings (SSSR count). The minimum Gasteiger partial charge on any atom is -0.464 e. The van der Waals surface area contributed by atoms with E-state index in [4.69, 9.17) is 27.6 Å². The molecule has 0 spiro atoms. The van der Waals surface area contributed by atoms with Gasteiger partial charge >= 0.3 is 6.03 Å². The van der Waals surface area contributed by atoms with E-state index in [1.54, 1.807) is 58.3 Å². The topological polar surface area (TPSA) is 94.4 Å². The van der Waals surface area contributed by atoms with Gasteiger partial charge in [-0.1, -0.05) is 29.3 Å². The summed E-state index contributed by atoms with van der Waals surface area (Å²) in [6.45, 7) is 1.84. The first-order valence-electron chi connectivity index (χ1n) is 12.2. The van der Waals surface area contributed by atoms with Crippen molar-refractivity contribution in [2.24, 2.45) is 0 Å². The lowest BCUT2D eigenvalue weighted by Crippen LogP contribution is -2.53. The molecule has 0 bridgehead atoms. The number of sulfonamides is 1. The third-order valence-corrected chi connectivity index (χ3v) is 9.47. The van der Waals surface area contributed by atoms with Crippen LogP contribution in [0, 0.1) is 0 Å². The first kappa shape index (κ1) is 26.8. The average molecular weight is 580 g/mol. The molecule has 0 saturated carbocycles. The molecule has 9 nitrogen and oxygen atoms in total. The van der Waals surface area contributed by atoms with Crippen molar-refractivity contribution in [1.82, 2.24) is 19.0 Å². The van der Waals surface area contributed by atoms with Gasteiger partial charge in [0.15, 0.2) is 0 Å². The molecule has 2 saturated heterocycles. The minimum absolute atomic E-state index is 0.167. The highest BCUT2D eigenvalue weighted by Gasteiger charge is 2.42. The molecule has 2 aliphatic heterocycles. The van der Waals surface area contributed by atoms with Crippen molar-refractivity contribution < 1.29 is 22.4 Å². The summed E-state index contributed by atoms with van der Waals surface area (Å²) in [6.07, 6.45) is 2.76. The molecule has 0 aliphatic carbocycles. The molecule has 3 aromatic rings. The molecule has 2 atom stereocenters. The number of benzene rings is 2. The first-order chi connectivity index (χ1) is 18.0. The van der Waals surface area contributed by atoms with Crippen molar-refractivity contribution in [3.05, 3.63) is 69.9 Å². The monoisotopic (exact) mass is 578 g/mol. The van der Waals surface area contributed by atoms with Crippen LogP contribution in [0.25, 0.3) is 11.0 Å². The van der Waals surface area contributed by atoms with Gasteiger partial charge in [-0.25, -0.2) is 13.2 Å². The summed E-state index contributed by atoms with van der Waals surface area (Å²) in [5.74, 6) is -0.364. The predicted molar refractivity (Wildman–Crippen MR) is 146 cm³/mol. The molecule has 2 fully saturated rings. The van der Waals surface area contributed by atoms with Crippen LogP contribution < -0.4 is 0 Å². The van der Waals surface area contributed by atoms with E-state index < -0.39 is 10.0 Å². The molecule has 1 aromatic heterocycles. The highest BCUT2D eigenvalue weighted by molar-refractivity contribution is 7.88. The maximum absolute atomic E-state index is 13.6. The Hall–Kier alpha value is -2.79. The Kier molecular flexibility index (Phi) is 7.34. The van der Waals surface area contributed by atoms with E-state index in [9.17, 15) is 18.0 Å². The van der Waals surface area contributed by atoms with Gasteiger partial charge in [-0.2, -0.15) is 4.31 Å². The number of likely N-dealkylation sites (N-methyl/N-ethyl adjacent to an activating group) is 1. The molecule has 0 N–H and O–H groups in total. The van der Waals surface area contributed by atoms with Crippen LogP contribution in [0.3, 0.4) is 0 Å². The number of hydrogen-bond donors (Lipinski definition) is 0. The van der Waals surface area contributed by atoms with Crippen LogP contribution in [0.15, 0.2) is 53.1 Å². The quantitative estimate of drug-likeness (QED) is 0.466. The number of fused-ring (bicyclic) bond motifs is 1. The van der Waals surface area contributed by atoms with Crippen LogP contribution in [0.1, 0.15) is 21.8 Å². The van der Waals surface area contributed by atoms with Gasteiger partial charge in [0.1, 0.15) is 5.58 Å². The molecule has 1 unspecified atom stereocenters. The van der Waals surface area contributed by atoms with Crippen molar-refractivity contribution in [1.29, 1.82) is 0 Å². The number of nitrogens with zero attached hydrogens (tertiary/aromatic N) is 4. The van der Waals surface area contributed by atoms with Crippen LogP contribution >= 0.6 is 23.2 Å². The lowest BCUT2D eigenvalue weighted by Gasteiger charge is -2.35. The van der Waals surface area contributed by atoms with Crippen LogP contribution in [0.4, 0.5) is 4.79 Å². The Bertz CT molecular complexity index is 1490. The zero-order chi connectivity index (χ0) is 27.2. The number of carbonyl (C=O) groups is 2. The van der Waals surface area contributed by atoms with Gasteiger partial charge in [-0.15, -0.1) is 0 Å². The highest BCUT2D eigenvalue weighted by Crippen LogP contribution is 2.35. The number of piperazine rings is 1. The van der Waals surface area contributed by atoms with Crippen LogP contribution in [-0.4, -0.2) is 98.0 Å². The molecule has 202 valence electrons. The largest absolute Gasteiger partial charge is 0.464 e. The number of carbonyl (C=O) groups excluding carboxylic acids is 2. The summed E-state index contributed by atoms with van der Waals surface area (Å²) in [6, 6.07) is 12.0. The second kappa shape index (κ2) is 10.4. The smallest absolute Gasteiger partial charge is 0.320 e. The van der Waals surface area contributed by atoms with Gasteiger partial charge in [0.25, 0.3) is 5.91 Å². The second-order valence-corrected chi connectivity index (χ2v) is 12.6. The van der Waals surface area contributed by atoms with E-state index in [1.807, 2.05) is 12.1 Å². The van der Waals surface area contributed by atoms with Crippen molar-refractivity contribution in [2.75, 3.05) is 52.6 Å². The lowest BCUT2D eigenvalue weighted by atomic mass is 9.93. The zero-order valence-corrected chi connectivity index (χ0v) is 23.3. The summed E-state index contributed by atoms with van der Waals surface area (Å²) in [4.78, 5) is 32.2. The molecule has 0 radical (unpaired) electrons. The number of amides is 3. The summed E-state index contributed by atoms with van der Waals surface area (Å²) >= 11 is 12.5.